The summed E-state index contributed by atoms with van der Waals surface area (Å²) in [5, 5.41) is 0. The number of fused-ring (bicyclic) bond motifs is 4. The van der Waals surface area contributed by atoms with Crippen LogP contribution in [0, 0.1) is 40.4 Å². The van der Waals surface area contributed by atoms with Crippen LogP contribution in [0.5, 0.6) is 0 Å². The highest BCUT2D eigenvalue weighted by molar-refractivity contribution is 5.79. The molecule has 0 amide bonds. The zero-order valence-electron chi connectivity index (χ0n) is 22.1. The molecule has 0 aromatic heterocycles. The largest absolute Gasteiger partial charge is 0.459 e. The topological polar surface area (TPSA) is 55.8 Å². The molecule has 0 aromatic carbocycles. The SMILES string of the molecule is CC(=O)OC(C(=O)O[C@H]1CC[C@@]2(C)C(=CC[C@H]3[C@@H]4CC[C@@H]5[C@H](C)N(C)C[C@@]54CC[C@@H]32)C1)C(C)C. The van der Waals surface area contributed by atoms with E-state index >= 15 is 0 Å². The van der Waals surface area contributed by atoms with Gasteiger partial charge < -0.3 is 14.4 Å². The van der Waals surface area contributed by atoms with Crippen molar-refractivity contribution in [2.24, 2.45) is 40.4 Å². The molecule has 1 saturated heterocycles. The molecule has 4 fully saturated rings. The molecule has 5 nitrogen and oxygen atoms in total. The number of nitrogens with zero attached hydrogens (tertiary/aromatic N) is 1. The first kappa shape index (κ1) is 24.3. The fraction of sp³-hybridized carbons (Fsp3) is 0.862. The van der Waals surface area contributed by atoms with Crippen LogP contribution in [0.15, 0.2) is 11.6 Å². The highest BCUT2D eigenvalue weighted by Crippen LogP contribution is 2.68. The molecule has 3 saturated carbocycles. The van der Waals surface area contributed by atoms with Crippen molar-refractivity contribution < 1.29 is 19.1 Å². The highest BCUT2D eigenvalue weighted by Gasteiger charge is 2.64. The fourth-order valence-electron chi connectivity index (χ4n) is 9.40. The van der Waals surface area contributed by atoms with E-state index in [1.54, 1.807) is 0 Å². The lowest BCUT2D eigenvalue weighted by Gasteiger charge is -2.58. The molecule has 190 valence electrons. The molecule has 5 aliphatic rings. The number of carbonyl (C=O) groups excluding carboxylic acids is 2. The van der Waals surface area contributed by atoms with E-state index in [9.17, 15) is 9.59 Å². The zero-order valence-corrected chi connectivity index (χ0v) is 22.1. The Bertz CT molecular complexity index is 866. The van der Waals surface area contributed by atoms with Crippen molar-refractivity contribution in [3.8, 4) is 0 Å². The number of esters is 2. The van der Waals surface area contributed by atoms with Crippen molar-refractivity contribution in [2.75, 3.05) is 13.6 Å². The van der Waals surface area contributed by atoms with Crippen molar-refractivity contribution in [3.63, 3.8) is 0 Å². The van der Waals surface area contributed by atoms with Gasteiger partial charge in [0.15, 0.2) is 0 Å². The third kappa shape index (κ3) is 3.67. The van der Waals surface area contributed by atoms with Gasteiger partial charge in [0.25, 0.3) is 0 Å². The van der Waals surface area contributed by atoms with Crippen molar-refractivity contribution >= 4 is 11.9 Å². The van der Waals surface area contributed by atoms with Crippen molar-refractivity contribution in [1.29, 1.82) is 0 Å². The van der Waals surface area contributed by atoms with Crippen molar-refractivity contribution in [1.82, 2.24) is 4.90 Å². The second-order valence-corrected chi connectivity index (χ2v) is 12.9. The van der Waals surface area contributed by atoms with Crippen LogP contribution in [0.2, 0.25) is 0 Å². The minimum absolute atomic E-state index is 0.0953. The summed E-state index contributed by atoms with van der Waals surface area (Å²) >= 11 is 0. The standard InChI is InChI=1S/C29H45NO4/c1-17(2)26(33-19(4)31)27(32)34-21-11-13-28(5)20(15-21)7-8-22-24(28)12-14-29-16-30(6)18(3)23(29)9-10-25(22)29/h7,17-18,21-26H,8-16H2,1-6H3/t18-,21-,22+,23+,24-,25-,26?,28-,29-/m0/s1. The van der Waals surface area contributed by atoms with Crippen LogP contribution >= 0.6 is 0 Å². The quantitative estimate of drug-likeness (QED) is 0.407. The Balaban J connectivity index is 1.30. The smallest absolute Gasteiger partial charge is 0.348 e. The van der Waals surface area contributed by atoms with Gasteiger partial charge in [0, 0.05) is 31.8 Å². The predicted octanol–water partition coefficient (Wildman–Crippen LogP) is 5.38. The van der Waals surface area contributed by atoms with Crippen LogP contribution in [0.25, 0.3) is 0 Å². The Hall–Kier alpha value is -1.36. The summed E-state index contributed by atoms with van der Waals surface area (Å²) in [6, 6.07) is 0.735. The van der Waals surface area contributed by atoms with E-state index in [-0.39, 0.29) is 23.4 Å². The lowest BCUT2D eigenvalue weighted by Crippen LogP contribution is -2.52. The van der Waals surface area contributed by atoms with Crippen LogP contribution in [-0.4, -0.2) is 48.7 Å². The van der Waals surface area contributed by atoms with Gasteiger partial charge in [0.2, 0.25) is 6.10 Å². The maximum Gasteiger partial charge on any atom is 0.348 e. The minimum atomic E-state index is -0.813. The van der Waals surface area contributed by atoms with Crippen LogP contribution in [0.3, 0.4) is 0 Å². The number of ether oxygens (including phenoxy) is 2. The number of allylic oxidation sites excluding steroid dienone is 1. The summed E-state index contributed by atoms with van der Waals surface area (Å²) in [5.74, 6) is 2.45. The van der Waals surface area contributed by atoms with Gasteiger partial charge in [-0.3, -0.25) is 4.79 Å². The summed E-state index contributed by atoms with van der Waals surface area (Å²) in [4.78, 5) is 26.9. The average Bonchev–Trinajstić information content (AvgIpc) is 3.25. The average molecular weight is 472 g/mol. The molecule has 1 aliphatic heterocycles. The third-order valence-electron chi connectivity index (χ3n) is 11.1. The molecule has 0 radical (unpaired) electrons. The first-order valence-corrected chi connectivity index (χ1v) is 13.8. The Labute approximate surface area is 206 Å². The second-order valence-electron chi connectivity index (χ2n) is 12.9. The van der Waals surface area contributed by atoms with E-state index in [4.69, 9.17) is 9.47 Å². The maximum atomic E-state index is 12.8. The normalized spacial score (nSPS) is 44.4. The first-order chi connectivity index (χ1) is 16.1. The molecular formula is C29H45NO4. The fourth-order valence-corrected chi connectivity index (χ4v) is 9.40. The molecule has 9 atom stereocenters. The molecule has 5 rings (SSSR count). The third-order valence-corrected chi connectivity index (χ3v) is 11.1. The minimum Gasteiger partial charge on any atom is -0.459 e. The molecular weight excluding hydrogens is 426 g/mol. The van der Waals surface area contributed by atoms with Gasteiger partial charge >= 0.3 is 11.9 Å². The van der Waals surface area contributed by atoms with Crippen LogP contribution in [-0.2, 0) is 19.1 Å². The zero-order chi connectivity index (χ0) is 24.4. The number of hydrogen-bond donors (Lipinski definition) is 0. The first-order valence-electron chi connectivity index (χ1n) is 13.8. The number of carbonyl (C=O) groups is 2. The van der Waals surface area contributed by atoms with Crippen molar-refractivity contribution in [2.45, 2.75) is 104 Å². The van der Waals surface area contributed by atoms with Gasteiger partial charge in [-0.15, -0.1) is 0 Å². The van der Waals surface area contributed by atoms with Gasteiger partial charge in [0.1, 0.15) is 6.10 Å². The summed E-state index contributed by atoms with van der Waals surface area (Å²) in [7, 11) is 2.34. The molecule has 1 heterocycles. The highest BCUT2D eigenvalue weighted by atomic mass is 16.6. The molecule has 4 aliphatic carbocycles. The Morgan fingerprint density at radius 2 is 1.82 bits per heavy atom. The van der Waals surface area contributed by atoms with E-state index in [0.717, 1.165) is 49.0 Å². The van der Waals surface area contributed by atoms with E-state index < -0.39 is 12.1 Å². The predicted molar refractivity (Wildman–Crippen MR) is 132 cm³/mol. The summed E-state index contributed by atoms with van der Waals surface area (Å²) in [5.41, 5.74) is 2.33. The Morgan fingerprint density at radius 3 is 2.53 bits per heavy atom. The second kappa shape index (κ2) is 8.64. The van der Waals surface area contributed by atoms with Gasteiger partial charge in [0.05, 0.1) is 0 Å². The molecule has 0 aromatic rings. The van der Waals surface area contributed by atoms with E-state index in [1.807, 2.05) is 13.8 Å². The molecule has 0 N–H and O–H groups in total. The Kier molecular flexibility index (Phi) is 6.18. The summed E-state index contributed by atoms with van der Waals surface area (Å²) < 4.78 is 11.2. The lowest BCUT2D eigenvalue weighted by atomic mass is 9.47. The monoisotopic (exact) mass is 471 g/mol. The number of likely N-dealkylation sites (tertiary alicyclic amines) is 1. The summed E-state index contributed by atoms with van der Waals surface area (Å²) in [6.45, 7) is 11.4. The molecule has 5 heteroatoms. The van der Waals surface area contributed by atoms with Gasteiger partial charge in [-0.1, -0.05) is 32.4 Å². The lowest BCUT2D eigenvalue weighted by molar-refractivity contribution is -0.175. The van der Waals surface area contributed by atoms with E-state index in [1.165, 1.54) is 51.1 Å². The van der Waals surface area contributed by atoms with Crippen LogP contribution in [0.4, 0.5) is 0 Å². The van der Waals surface area contributed by atoms with E-state index in [0.29, 0.717) is 5.41 Å². The van der Waals surface area contributed by atoms with Crippen molar-refractivity contribution in [3.05, 3.63) is 11.6 Å². The van der Waals surface area contributed by atoms with Crippen LogP contribution in [0.1, 0.15) is 86.0 Å². The van der Waals surface area contributed by atoms with Gasteiger partial charge in [-0.05, 0) is 93.4 Å². The van der Waals surface area contributed by atoms with Gasteiger partial charge in [-0.25, -0.2) is 4.79 Å². The molecule has 34 heavy (non-hydrogen) atoms. The molecule has 1 spiro atoms. The van der Waals surface area contributed by atoms with Gasteiger partial charge in [-0.2, -0.15) is 0 Å². The molecule has 0 bridgehead atoms. The number of rotatable bonds is 4. The van der Waals surface area contributed by atoms with E-state index in [2.05, 4.69) is 31.9 Å². The summed E-state index contributed by atoms with van der Waals surface area (Å²) in [6.07, 6.45) is 11.3. The number of hydrogen-bond acceptors (Lipinski definition) is 5. The maximum absolute atomic E-state index is 12.8. The molecule has 1 unspecified atom stereocenters. The van der Waals surface area contributed by atoms with Crippen LogP contribution < -0.4 is 0 Å². The Morgan fingerprint density at radius 1 is 1.09 bits per heavy atom.